The second kappa shape index (κ2) is 6.18. The minimum absolute atomic E-state index is 0.143. The molecule has 0 aliphatic rings. The van der Waals surface area contributed by atoms with Gasteiger partial charge in [-0.1, -0.05) is 18.2 Å². The zero-order valence-electron chi connectivity index (χ0n) is 12.1. The minimum atomic E-state index is -0.355. The van der Waals surface area contributed by atoms with Crippen molar-refractivity contribution >= 4 is 28.5 Å². The first kappa shape index (κ1) is 14.6. The lowest BCUT2D eigenvalue weighted by Gasteiger charge is -2.07. The van der Waals surface area contributed by atoms with Crippen LogP contribution in [0.2, 0.25) is 0 Å². The molecule has 2 aromatic carbocycles. The van der Waals surface area contributed by atoms with Gasteiger partial charge in [0.25, 0.3) is 5.91 Å². The summed E-state index contributed by atoms with van der Waals surface area (Å²) in [6.07, 6.45) is 0. The van der Waals surface area contributed by atoms with Crippen molar-refractivity contribution < 1.29 is 9.59 Å². The molecule has 7 nitrogen and oxygen atoms in total. The molecule has 116 valence electrons. The fourth-order valence-electron chi connectivity index (χ4n) is 2.17. The zero-order valence-corrected chi connectivity index (χ0v) is 12.1. The first-order chi connectivity index (χ1) is 11.1. The van der Waals surface area contributed by atoms with Crippen molar-refractivity contribution in [2.45, 2.75) is 0 Å². The average Bonchev–Trinajstić information content (AvgIpc) is 2.92. The molecular formula is C16H14N4O3. The van der Waals surface area contributed by atoms with Gasteiger partial charge in [0.1, 0.15) is 0 Å². The highest BCUT2D eigenvalue weighted by atomic mass is 16.2. The topological polar surface area (TPSA) is 107 Å². The number of carbonyl (C=O) groups is 2. The number of fused-ring (bicyclic) bond motifs is 1. The van der Waals surface area contributed by atoms with Crippen LogP contribution in [-0.2, 0) is 4.79 Å². The van der Waals surface area contributed by atoms with Crippen LogP contribution in [0.3, 0.4) is 0 Å². The number of nitrogens with one attached hydrogen (secondary N) is 4. The SMILES string of the molecule is O=C(CNC(=O)c1ccccc1)Nc1ccc2[nH]c(=O)[nH]c2c1. The van der Waals surface area contributed by atoms with Gasteiger partial charge in [0, 0.05) is 11.3 Å². The number of aromatic nitrogens is 2. The third kappa shape index (κ3) is 3.46. The summed E-state index contributed by atoms with van der Waals surface area (Å²) in [5.74, 6) is -0.669. The number of hydrogen-bond donors (Lipinski definition) is 4. The first-order valence-electron chi connectivity index (χ1n) is 6.97. The van der Waals surface area contributed by atoms with Crippen LogP contribution in [0, 0.1) is 0 Å². The van der Waals surface area contributed by atoms with E-state index in [1.54, 1.807) is 42.5 Å². The Hall–Kier alpha value is -3.35. The van der Waals surface area contributed by atoms with E-state index in [2.05, 4.69) is 20.6 Å². The summed E-state index contributed by atoms with van der Waals surface area (Å²) in [5, 5.41) is 5.21. The van der Waals surface area contributed by atoms with E-state index in [0.717, 1.165) is 0 Å². The van der Waals surface area contributed by atoms with E-state index in [1.165, 1.54) is 0 Å². The Labute approximate surface area is 130 Å². The first-order valence-corrected chi connectivity index (χ1v) is 6.97. The number of benzene rings is 2. The molecule has 0 radical (unpaired) electrons. The van der Waals surface area contributed by atoms with E-state index in [0.29, 0.717) is 22.3 Å². The summed E-state index contributed by atoms with van der Waals surface area (Å²) in [7, 11) is 0. The molecule has 2 amide bonds. The highest BCUT2D eigenvalue weighted by molar-refractivity contribution is 5.99. The molecule has 0 aliphatic heterocycles. The number of carbonyl (C=O) groups excluding carboxylic acids is 2. The molecule has 0 spiro atoms. The second-order valence-electron chi connectivity index (χ2n) is 4.94. The number of aromatic amines is 2. The van der Waals surface area contributed by atoms with Crippen LogP contribution in [0.1, 0.15) is 10.4 Å². The Kier molecular flexibility index (Phi) is 3.92. The Balaban J connectivity index is 1.60. The van der Waals surface area contributed by atoms with Crippen LogP contribution in [0.4, 0.5) is 5.69 Å². The third-order valence-corrected chi connectivity index (χ3v) is 3.25. The van der Waals surface area contributed by atoms with Crippen LogP contribution in [0.5, 0.6) is 0 Å². The van der Waals surface area contributed by atoms with Crippen molar-refractivity contribution in [3.63, 3.8) is 0 Å². The van der Waals surface area contributed by atoms with Crippen molar-refractivity contribution in [2.75, 3.05) is 11.9 Å². The number of anilines is 1. The van der Waals surface area contributed by atoms with Gasteiger partial charge in [-0.25, -0.2) is 4.79 Å². The maximum Gasteiger partial charge on any atom is 0.323 e. The number of amides is 2. The van der Waals surface area contributed by atoms with Crippen molar-refractivity contribution in [3.05, 3.63) is 64.6 Å². The smallest absolute Gasteiger partial charge is 0.323 e. The van der Waals surface area contributed by atoms with E-state index in [-0.39, 0.29) is 24.0 Å². The molecule has 4 N–H and O–H groups in total. The van der Waals surface area contributed by atoms with E-state index < -0.39 is 0 Å². The lowest BCUT2D eigenvalue weighted by molar-refractivity contribution is -0.115. The molecule has 0 aliphatic carbocycles. The van der Waals surface area contributed by atoms with Gasteiger partial charge in [-0.2, -0.15) is 0 Å². The zero-order chi connectivity index (χ0) is 16.2. The Morgan fingerprint density at radius 2 is 1.70 bits per heavy atom. The highest BCUT2D eigenvalue weighted by Crippen LogP contribution is 2.14. The maximum absolute atomic E-state index is 11.9. The molecule has 23 heavy (non-hydrogen) atoms. The molecule has 0 saturated heterocycles. The predicted molar refractivity (Wildman–Crippen MR) is 86.3 cm³/mol. The average molecular weight is 310 g/mol. The van der Waals surface area contributed by atoms with Gasteiger partial charge in [-0.05, 0) is 30.3 Å². The number of rotatable bonds is 4. The lowest BCUT2D eigenvalue weighted by Crippen LogP contribution is -2.32. The van der Waals surface area contributed by atoms with Crippen LogP contribution in [0.15, 0.2) is 53.3 Å². The summed E-state index contributed by atoms with van der Waals surface area (Å²) in [4.78, 5) is 40.1. The molecule has 1 heterocycles. The summed E-state index contributed by atoms with van der Waals surface area (Å²) in [6.45, 7) is -0.143. The predicted octanol–water partition coefficient (Wildman–Crippen LogP) is 1.22. The lowest BCUT2D eigenvalue weighted by atomic mass is 10.2. The molecule has 0 atom stereocenters. The maximum atomic E-state index is 11.9. The Bertz CT molecular complexity index is 912. The van der Waals surface area contributed by atoms with Gasteiger partial charge in [0.05, 0.1) is 17.6 Å². The summed E-state index contributed by atoms with van der Waals surface area (Å²) in [6, 6.07) is 13.7. The molecule has 0 bridgehead atoms. The van der Waals surface area contributed by atoms with Gasteiger partial charge >= 0.3 is 5.69 Å². The monoisotopic (exact) mass is 310 g/mol. The van der Waals surface area contributed by atoms with E-state index in [1.807, 2.05) is 6.07 Å². The summed E-state index contributed by atoms with van der Waals surface area (Å²) < 4.78 is 0. The van der Waals surface area contributed by atoms with Crippen LogP contribution < -0.4 is 16.3 Å². The quantitative estimate of drug-likeness (QED) is 0.582. The summed E-state index contributed by atoms with van der Waals surface area (Å²) >= 11 is 0. The number of H-pyrrole nitrogens is 2. The van der Waals surface area contributed by atoms with Crippen molar-refractivity contribution in [2.24, 2.45) is 0 Å². The van der Waals surface area contributed by atoms with Crippen molar-refractivity contribution in [1.82, 2.24) is 15.3 Å². The van der Waals surface area contributed by atoms with Crippen LogP contribution >= 0.6 is 0 Å². The van der Waals surface area contributed by atoms with E-state index in [4.69, 9.17) is 0 Å². The molecular weight excluding hydrogens is 296 g/mol. The second-order valence-corrected chi connectivity index (χ2v) is 4.94. The largest absolute Gasteiger partial charge is 0.343 e. The Morgan fingerprint density at radius 3 is 2.48 bits per heavy atom. The molecule has 1 aromatic heterocycles. The minimum Gasteiger partial charge on any atom is -0.343 e. The molecule has 0 unspecified atom stereocenters. The Morgan fingerprint density at radius 1 is 0.957 bits per heavy atom. The molecule has 0 fully saturated rings. The van der Waals surface area contributed by atoms with Gasteiger partial charge in [0.2, 0.25) is 5.91 Å². The molecule has 3 rings (SSSR count). The van der Waals surface area contributed by atoms with Crippen LogP contribution in [-0.4, -0.2) is 28.3 Å². The number of hydrogen-bond acceptors (Lipinski definition) is 3. The van der Waals surface area contributed by atoms with E-state index in [9.17, 15) is 14.4 Å². The number of imidazole rings is 1. The fourth-order valence-corrected chi connectivity index (χ4v) is 2.17. The third-order valence-electron chi connectivity index (χ3n) is 3.25. The van der Waals surface area contributed by atoms with Gasteiger partial charge in [-0.3, -0.25) is 9.59 Å². The van der Waals surface area contributed by atoms with Gasteiger partial charge < -0.3 is 20.6 Å². The fraction of sp³-hybridized carbons (Fsp3) is 0.0625. The molecule has 3 aromatic rings. The van der Waals surface area contributed by atoms with Gasteiger partial charge in [0.15, 0.2) is 0 Å². The normalized spacial score (nSPS) is 10.4. The van der Waals surface area contributed by atoms with E-state index >= 15 is 0 Å². The molecule has 0 saturated carbocycles. The van der Waals surface area contributed by atoms with Crippen LogP contribution in [0.25, 0.3) is 11.0 Å². The highest BCUT2D eigenvalue weighted by Gasteiger charge is 2.08. The van der Waals surface area contributed by atoms with Gasteiger partial charge in [-0.15, -0.1) is 0 Å². The van der Waals surface area contributed by atoms with Crippen molar-refractivity contribution in [3.8, 4) is 0 Å². The summed E-state index contributed by atoms with van der Waals surface area (Å²) in [5.41, 5.74) is 1.98. The standard InChI is InChI=1S/C16H14N4O3/c21-14(9-17-15(22)10-4-2-1-3-5-10)18-11-6-7-12-13(8-11)20-16(23)19-12/h1-8H,9H2,(H,17,22)(H,18,21)(H2,19,20,23). The molecule has 7 heteroatoms. The van der Waals surface area contributed by atoms with Crippen molar-refractivity contribution in [1.29, 1.82) is 0 Å².